The van der Waals surface area contributed by atoms with Crippen LogP contribution >= 0.6 is 0 Å². The number of hydrogen-bond donors (Lipinski definition) is 1. The van der Waals surface area contributed by atoms with Crippen molar-refractivity contribution in [1.29, 1.82) is 0 Å². The van der Waals surface area contributed by atoms with Gasteiger partial charge in [0, 0.05) is 29.6 Å². The number of hydrogen-bond acceptors (Lipinski definition) is 6. The van der Waals surface area contributed by atoms with Crippen molar-refractivity contribution in [3.05, 3.63) is 95.2 Å². The Morgan fingerprint density at radius 2 is 1.53 bits per heavy atom. The van der Waals surface area contributed by atoms with Crippen LogP contribution in [0.4, 0.5) is 5.69 Å². The fourth-order valence-electron chi connectivity index (χ4n) is 4.38. The number of para-hydroxylation sites is 1. The van der Waals surface area contributed by atoms with E-state index < -0.39 is 10.0 Å². The molecule has 1 fully saturated rings. The molecule has 0 aliphatic carbocycles. The fraction of sp³-hybridized carbons (Fsp3) is 0.214. The second-order valence-electron chi connectivity index (χ2n) is 8.91. The summed E-state index contributed by atoms with van der Waals surface area (Å²) >= 11 is 0. The number of aryl methyl sites for hydroxylation is 1. The Hall–Kier alpha value is -3.75. The van der Waals surface area contributed by atoms with E-state index in [9.17, 15) is 18.0 Å². The number of anilines is 1. The van der Waals surface area contributed by atoms with Gasteiger partial charge in [0.25, 0.3) is 0 Å². The first-order valence-electron chi connectivity index (χ1n) is 11.8. The van der Waals surface area contributed by atoms with Crippen LogP contribution in [0.2, 0.25) is 0 Å². The summed E-state index contributed by atoms with van der Waals surface area (Å²) in [6, 6.07) is 20.5. The number of Topliss-reactive ketones (excluding diaryl/α,β-unsaturated/α-hetero) is 1. The SMILES string of the molecule is Cc1ccc(C(=O)c2oc3ccccc3c2NCC(=O)c2ccc(S(=O)(=O)N3CCCC3)cc2)cc1. The second-order valence-corrected chi connectivity index (χ2v) is 10.8. The van der Waals surface area contributed by atoms with E-state index in [4.69, 9.17) is 4.42 Å². The molecule has 0 bridgehead atoms. The summed E-state index contributed by atoms with van der Waals surface area (Å²) in [7, 11) is -3.54. The number of fused-ring (bicyclic) bond motifs is 1. The highest BCUT2D eigenvalue weighted by atomic mass is 32.2. The van der Waals surface area contributed by atoms with Crippen LogP contribution in [0.15, 0.2) is 82.1 Å². The van der Waals surface area contributed by atoms with E-state index in [1.165, 1.54) is 28.6 Å². The number of sulfonamides is 1. The molecule has 0 spiro atoms. The van der Waals surface area contributed by atoms with E-state index in [0.717, 1.165) is 18.4 Å². The number of benzene rings is 3. The van der Waals surface area contributed by atoms with E-state index in [1.54, 1.807) is 18.2 Å². The second kappa shape index (κ2) is 9.72. The standard InChI is InChI=1S/C28H26N2O5S/c1-19-8-10-21(11-9-19)27(32)28-26(23-6-2-3-7-25(23)35-28)29-18-24(31)20-12-14-22(15-13-20)36(33,34)30-16-4-5-17-30/h2-3,6-15,29H,4-5,16-18H2,1H3. The predicted molar refractivity (Wildman–Crippen MR) is 138 cm³/mol. The highest BCUT2D eigenvalue weighted by Crippen LogP contribution is 2.32. The Labute approximate surface area is 209 Å². The number of carbonyl (C=O) groups excluding carboxylic acids is 2. The van der Waals surface area contributed by atoms with Gasteiger partial charge in [-0.2, -0.15) is 4.31 Å². The van der Waals surface area contributed by atoms with Crippen molar-refractivity contribution in [3.8, 4) is 0 Å². The summed E-state index contributed by atoms with van der Waals surface area (Å²) in [5.41, 5.74) is 2.91. The van der Waals surface area contributed by atoms with Crippen molar-refractivity contribution < 1.29 is 22.4 Å². The van der Waals surface area contributed by atoms with Crippen LogP contribution in [0.1, 0.15) is 44.9 Å². The number of carbonyl (C=O) groups is 2. The Morgan fingerprint density at radius 3 is 2.22 bits per heavy atom. The molecule has 1 N–H and O–H groups in total. The number of rotatable bonds is 8. The number of nitrogens with one attached hydrogen (secondary N) is 1. The smallest absolute Gasteiger partial charge is 0.243 e. The van der Waals surface area contributed by atoms with E-state index >= 15 is 0 Å². The molecule has 4 aromatic rings. The van der Waals surface area contributed by atoms with Gasteiger partial charge in [0.05, 0.1) is 17.1 Å². The molecule has 1 aliphatic rings. The van der Waals surface area contributed by atoms with Crippen LogP contribution in [0.3, 0.4) is 0 Å². The lowest BCUT2D eigenvalue weighted by Crippen LogP contribution is -2.27. The van der Waals surface area contributed by atoms with Gasteiger partial charge >= 0.3 is 0 Å². The lowest BCUT2D eigenvalue weighted by atomic mass is 10.1. The number of furan rings is 1. The summed E-state index contributed by atoms with van der Waals surface area (Å²) in [5, 5.41) is 3.80. The van der Waals surface area contributed by atoms with Gasteiger partial charge in [0.1, 0.15) is 5.58 Å². The van der Waals surface area contributed by atoms with Gasteiger partial charge in [-0.25, -0.2) is 8.42 Å². The molecule has 3 aromatic carbocycles. The minimum atomic E-state index is -3.54. The number of nitrogens with zero attached hydrogens (tertiary/aromatic N) is 1. The minimum Gasteiger partial charge on any atom is -0.450 e. The summed E-state index contributed by atoms with van der Waals surface area (Å²) < 4.78 is 32.9. The molecule has 0 amide bonds. The van der Waals surface area contributed by atoms with Crippen LogP contribution in [0.25, 0.3) is 11.0 Å². The zero-order valence-electron chi connectivity index (χ0n) is 19.9. The molecule has 2 heterocycles. The van der Waals surface area contributed by atoms with E-state index in [-0.39, 0.29) is 28.8 Å². The van der Waals surface area contributed by atoms with Gasteiger partial charge in [-0.05, 0) is 56.2 Å². The maximum absolute atomic E-state index is 13.2. The maximum atomic E-state index is 13.2. The average molecular weight is 503 g/mol. The first kappa shape index (κ1) is 24.0. The molecule has 7 nitrogen and oxygen atoms in total. The van der Waals surface area contributed by atoms with Crippen LogP contribution in [-0.2, 0) is 10.0 Å². The van der Waals surface area contributed by atoms with Crippen molar-refractivity contribution in [2.24, 2.45) is 0 Å². The normalized spacial score (nSPS) is 14.2. The van der Waals surface area contributed by atoms with Crippen molar-refractivity contribution in [3.63, 3.8) is 0 Å². The Bertz CT molecular complexity index is 1530. The third kappa shape index (κ3) is 4.57. The summed E-state index contributed by atoms with van der Waals surface area (Å²) in [5.74, 6) is -0.378. The highest BCUT2D eigenvalue weighted by molar-refractivity contribution is 7.89. The molecule has 5 rings (SSSR count). The molecule has 36 heavy (non-hydrogen) atoms. The third-order valence-electron chi connectivity index (χ3n) is 6.42. The molecule has 1 saturated heterocycles. The largest absolute Gasteiger partial charge is 0.450 e. The van der Waals surface area contributed by atoms with Gasteiger partial charge in [-0.15, -0.1) is 0 Å². The van der Waals surface area contributed by atoms with Crippen molar-refractivity contribution >= 4 is 38.2 Å². The topological polar surface area (TPSA) is 96.7 Å². The quantitative estimate of drug-likeness (QED) is 0.339. The lowest BCUT2D eigenvalue weighted by Gasteiger charge is -2.15. The molecule has 0 atom stereocenters. The molecular formula is C28H26N2O5S. The zero-order valence-corrected chi connectivity index (χ0v) is 20.7. The summed E-state index contributed by atoms with van der Waals surface area (Å²) in [6.45, 7) is 2.91. The van der Waals surface area contributed by atoms with Crippen LogP contribution in [0.5, 0.6) is 0 Å². The first-order chi connectivity index (χ1) is 17.3. The van der Waals surface area contributed by atoms with Gasteiger partial charge in [0.15, 0.2) is 11.5 Å². The van der Waals surface area contributed by atoms with Crippen LogP contribution < -0.4 is 5.32 Å². The van der Waals surface area contributed by atoms with Crippen molar-refractivity contribution in [2.75, 3.05) is 25.0 Å². The summed E-state index contributed by atoms with van der Waals surface area (Å²) in [4.78, 5) is 26.3. The minimum absolute atomic E-state index is 0.0874. The molecule has 184 valence electrons. The maximum Gasteiger partial charge on any atom is 0.243 e. The molecule has 8 heteroatoms. The molecule has 1 aromatic heterocycles. The van der Waals surface area contributed by atoms with Gasteiger partial charge < -0.3 is 9.73 Å². The molecule has 1 aliphatic heterocycles. The molecule has 0 radical (unpaired) electrons. The van der Waals surface area contributed by atoms with Gasteiger partial charge in [-0.3, -0.25) is 9.59 Å². The predicted octanol–water partition coefficient (Wildman–Crippen LogP) is 5.05. The number of ketones is 2. The average Bonchev–Trinajstić information content (AvgIpc) is 3.56. The van der Waals surface area contributed by atoms with Gasteiger partial charge in [-0.1, -0.05) is 42.0 Å². The molecular weight excluding hydrogens is 476 g/mol. The fourth-order valence-corrected chi connectivity index (χ4v) is 5.90. The molecule has 0 unspecified atom stereocenters. The Balaban J connectivity index is 1.37. The lowest BCUT2D eigenvalue weighted by molar-refractivity contribution is 0.0997. The van der Waals surface area contributed by atoms with Crippen LogP contribution in [0, 0.1) is 6.92 Å². The molecule has 0 saturated carbocycles. The monoisotopic (exact) mass is 502 g/mol. The van der Waals surface area contributed by atoms with Crippen molar-refractivity contribution in [1.82, 2.24) is 4.31 Å². The zero-order chi connectivity index (χ0) is 25.3. The van der Waals surface area contributed by atoms with E-state index in [2.05, 4.69) is 5.32 Å². The third-order valence-corrected chi connectivity index (χ3v) is 8.33. The Morgan fingerprint density at radius 1 is 0.889 bits per heavy atom. The van der Waals surface area contributed by atoms with Crippen LogP contribution in [-0.4, -0.2) is 43.9 Å². The summed E-state index contributed by atoms with van der Waals surface area (Å²) in [6.07, 6.45) is 1.72. The van der Waals surface area contributed by atoms with Crippen molar-refractivity contribution in [2.45, 2.75) is 24.7 Å². The van der Waals surface area contributed by atoms with Gasteiger partial charge in [0.2, 0.25) is 15.8 Å². The Kier molecular flexibility index (Phi) is 6.47. The van der Waals surface area contributed by atoms with E-state index in [0.29, 0.717) is 40.9 Å². The van der Waals surface area contributed by atoms with E-state index in [1.807, 2.05) is 37.3 Å². The highest BCUT2D eigenvalue weighted by Gasteiger charge is 2.27. The first-order valence-corrected chi connectivity index (χ1v) is 13.3.